The predicted octanol–water partition coefficient (Wildman–Crippen LogP) is 1.91. The molecule has 0 aliphatic carbocycles. The van der Waals surface area contributed by atoms with Crippen LogP contribution in [0.1, 0.15) is 58.2 Å². The summed E-state index contributed by atoms with van der Waals surface area (Å²) in [6, 6.07) is 0. The summed E-state index contributed by atoms with van der Waals surface area (Å²) in [6.45, 7) is 7.48. The fourth-order valence-electron chi connectivity index (χ4n) is 3.34. The van der Waals surface area contributed by atoms with Crippen LogP contribution >= 0.6 is 7.60 Å². The van der Waals surface area contributed by atoms with Crippen LogP contribution in [0, 0.1) is 12.3 Å². The summed E-state index contributed by atoms with van der Waals surface area (Å²) in [5.41, 5.74) is -0.826. The quantitative estimate of drug-likeness (QED) is 0.522. The minimum Gasteiger partial charge on any atom is -0.390 e. The van der Waals surface area contributed by atoms with Crippen LogP contribution in [0.2, 0.25) is 0 Å². The highest BCUT2D eigenvalue weighted by atomic mass is 31.2. The largest absolute Gasteiger partial charge is 0.390 e. The SMILES string of the molecule is CCCC(C)(C)CCP(=O)(O)OCC1OC(n2cc(C)c(=O)[nH]c2=O)CC1O. The lowest BCUT2D eigenvalue weighted by molar-refractivity contribution is -0.0425. The molecule has 0 amide bonds. The molecule has 2 heterocycles. The van der Waals surface area contributed by atoms with E-state index in [-0.39, 0.29) is 24.6 Å². The van der Waals surface area contributed by atoms with Gasteiger partial charge in [-0.1, -0.05) is 27.2 Å². The molecule has 0 spiro atoms. The molecule has 1 saturated heterocycles. The van der Waals surface area contributed by atoms with Crippen molar-refractivity contribution in [3.05, 3.63) is 32.6 Å². The Morgan fingerprint density at radius 1 is 1.39 bits per heavy atom. The van der Waals surface area contributed by atoms with Crippen LogP contribution in [0.15, 0.2) is 15.8 Å². The van der Waals surface area contributed by atoms with E-state index in [1.807, 2.05) is 0 Å². The molecule has 4 atom stereocenters. The molecule has 160 valence electrons. The first-order valence-electron chi connectivity index (χ1n) is 9.56. The normalized spacial score (nSPS) is 25.0. The van der Waals surface area contributed by atoms with Crippen molar-refractivity contribution in [2.45, 2.75) is 71.8 Å². The average Bonchev–Trinajstić information content (AvgIpc) is 2.95. The highest BCUT2D eigenvalue weighted by molar-refractivity contribution is 7.52. The van der Waals surface area contributed by atoms with Crippen LogP contribution in [0.4, 0.5) is 0 Å². The third-order valence-corrected chi connectivity index (χ3v) is 6.44. The van der Waals surface area contributed by atoms with Gasteiger partial charge < -0.3 is 19.3 Å². The Bertz CT molecular complexity index is 832. The van der Waals surface area contributed by atoms with Gasteiger partial charge in [-0.05, 0) is 25.2 Å². The van der Waals surface area contributed by atoms with E-state index in [0.29, 0.717) is 12.0 Å². The third-order valence-electron chi connectivity index (χ3n) is 5.10. The zero-order valence-electron chi connectivity index (χ0n) is 16.9. The Kier molecular flexibility index (Phi) is 7.44. The number of hydrogen-bond acceptors (Lipinski definition) is 6. The van der Waals surface area contributed by atoms with Crippen molar-refractivity contribution in [3.63, 3.8) is 0 Å². The van der Waals surface area contributed by atoms with Gasteiger partial charge in [0.2, 0.25) is 0 Å². The number of aromatic amines is 1. The Hall–Kier alpha value is -1.25. The van der Waals surface area contributed by atoms with Crippen molar-refractivity contribution in [1.29, 1.82) is 0 Å². The van der Waals surface area contributed by atoms with Crippen LogP contribution in [-0.4, -0.2) is 44.5 Å². The van der Waals surface area contributed by atoms with Gasteiger partial charge in [0.05, 0.1) is 18.9 Å². The van der Waals surface area contributed by atoms with Crippen LogP contribution in [-0.2, 0) is 13.8 Å². The maximum Gasteiger partial charge on any atom is 0.330 e. The molecule has 0 aromatic carbocycles. The molecule has 0 saturated carbocycles. The maximum atomic E-state index is 12.3. The van der Waals surface area contributed by atoms with Crippen LogP contribution in [0.5, 0.6) is 0 Å². The number of H-pyrrole nitrogens is 1. The van der Waals surface area contributed by atoms with E-state index in [1.54, 1.807) is 6.92 Å². The van der Waals surface area contributed by atoms with Gasteiger partial charge in [-0.15, -0.1) is 0 Å². The van der Waals surface area contributed by atoms with Gasteiger partial charge in [-0.3, -0.25) is 18.9 Å². The number of aliphatic hydroxyl groups excluding tert-OH is 1. The van der Waals surface area contributed by atoms with E-state index in [0.717, 1.165) is 12.8 Å². The van der Waals surface area contributed by atoms with Crippen LogP contribution < -0.4 is 11.2 Å². The highest BCUT2D eigenvalue weighted by Gasteiger charge is 2.37. The first-order valence-corrected chi connectivity index (χ1v) is 11.3. The molecule has 1 aromatic heterocycles. The molecule has 0 radical (unpaired) electrons. The first kappa shape index (κ1) is 23.0. The molecule has 1 fully saturated rings. The number of aryl methyl sites for hydroxylation is 1. The zero-order valence-corrected chi connectivity index (χ0v) is 17.8. The molecule has 1 aliphatic rings. The number of nitrogens with one attached hydrogen (secondary N) is 1. The third kappa shape index (κ3) is 6.12. The van der Waals surface area contributed by atoms with Crippen molar-refractivity contribution in [2.75, 3.05) is 12.8 Å². The molecule has 28 heavy (non-hydrogen) atoms. The summed E-state index contributed by atoms with van der Waals surface area (Å²) in [5, 5.41) is 10.2. The van der Waals surface area contributed by atoms with Gasteiger partial charge >= 0.3 is 13.3 Å². The van der Waals surface area contributed by atoms with E-state index in [4.69, 9.17) is 9.26 Å². The molecular weight excluding hydrogens is 387 g/mol. The van der Waals surface area contributed by atoms with E-state index in [1.165, 1.54) is 10.8 Å². The topological polar surface area (TPSA) is 131 Å². The summed E-state index contributed by atoms with van der Waals surface area (Å²) >= 11 is 0. The fraction of sp³-hybridized carbons (Fsp3) is 0.778. The summed E-state index contributed by atoms with van der Waals surface area (Å²) < 4.78 is 24.4. The van der Waals surface area contributed by atoms with Gasteiger partial charge in [0.1, 0.15) is 12.3 Å². The number of ether oxygens (including phenoxy) is 1. The number of rotatable bonds is 9. The Balaban J connectivity index is 1.95. The number of aliphatic hydroxyl groups is 1. The molecule has 10 heteroatoms. The number of hydrogen-bond donors (Lipinski definition) is 3. The number of nitrogens with zero attached hydrogens (tertiary/aromatic N) is 1. The second-order valence-electron chi connectivity index (χ2n) is 8.23. The van der Waals surface area contributed by atoms with Crippen LogP contribution in [0.25, 0.3) is 0 Å². The van der Waals surface area contributed by atoms with Gasteiger partial charge in [0.15, 0.2) is 0 Å². The van der Waals surface area contributed by atoms with Crippen molar-refractivity contribution < 1.29 is 23.8 Å². The standard InChI is InChI=1S/C18H31N2O7P/c1-5-6-18(3,4)7-8-28(24,25)26-11-14-13(21)9-15(27-14)20-10-12(2)16(22)19-17(20)23/h10,13-15,21H,5-9,11H2,1-4H3,(H,24,25)(H,19,22,23). The van der Waals surface area contributed by atoms with Crippen molar-refractivity contribution in [1.82, 2.24) is 9.55 Å². The summed E-state index contributed by atoms with van der Waals surface area (Å²) in [7, 11) is -3.81. The van der Waals surface area contributed by atoms with Gasteiger partial charge in [0.25, 0.3) is 5.56 Å². The molecule has 2 rings (SSSR count). The lowest BCUT2D eigenvalue weighted by Gasteiger charge is -2.25. The highest BCUT2D eigenvalue weighted by Crippen LogP contribution is 2.46. The molecule has 4 unspecified atom stereocenters. The van der Waals surface area contributed by atoms with E-state index < -0.39 is 37.3 Å². The van der Waals surface area contributed by atoms with Gasteiger partial charge in [0, 0.05) is 18.2 Å². The first-order chi connectivity index (χ1) is 12.9. The summed E-state index contributed by atoms with van der Waals surface area (Å²) in [4.78, 5) is 35.7. The van der Waals surface area contributed by atoms with Crippen molar-refractivity contribution in [2.24, 2.45) is 5.41 Å². The monoisotopic (exact) mass is 418 g/mol. The maximum absolute atomic E-state index is 12.3. The lowest BCUT2D eigenvalue weighted by atomic mass is 9.85. The number of aromatic nitrogens is 2. The lowest BCUT2D eigenvalue weighted by Crippen LogP contribution is -2.33. The van der Waals surface area contributed by atoms with E-state index >= 15 is 0 Å². The molecule has 0 bridgehead atoms. The molecule has 3 N–H and O–H groups in total. The Morgan fingerprint density at radius 2 is 2.07 bits per heavy atom. The van der Waals surface area contributed by atoms with Gasteiger partial charge in [-0.2, -0.15) is 0 Å². The van der Waals surface area contributed by atoms with Crippen LogP contribution in [0.3, 0.4) is 0 Å². The Morgan fingerprint density at radius 3 is 2.71 bits per heavy atom. The minimum atomic E-state index is -3.81. The molecule has 1 aromatic rings. The van der Waals surface area contributed by atoms with E-state index in [2.05, 4.69) is 25.8 Å². The molecule has 9 nitrogen and oxygen atoms in total. The molecule has 1 aliphatic heterocycles. The van der Waals surface area contributed by atoms with Gasteiger partial charge in [-0.25, -0.2) is 4.79 Å². The fourth-order valence-corrected chi connectivity index (χ4v) is 4.73. The smallest absolute Gasteiger partial charge is 0.330 e. The second kappa shape index (κ2) is 9.05. The molecular formula is C18H31N2O7P. The van der Waals surface area contributed by atoms with Crippen molar-refractivity contribution in [3.8, 4) is 0 Å². The average molecular weight is 418 g/mol. The Labute approximate surface area is 164 Å². The summed E-state index contributed by atoms with van der Waals surface area (Å²) in [6.07, 6.45) is 1.43. The minimum absolute atomic E-state index is 0.0326. The summed E-state index contributed by atoms with van der Waals surface area (Å²) in [5.74, 6) is 0. The van der Waals surface area contributed by atoms with Crippen molar-refractivity contribution >= 4 is 7.60 Å². The second-order valence-corrected chi connectivity index (χ2v) is 10.2. The predicted molar refractivity (Wildman–Crippen MR) is 105 cm³/mol. The van der Waals surface area contributed by atoms with E-state index in [9.17, 15) is 24.2 Å². The zero-order chi connectivity index (χ0) is 21.1.